The van der Waals surface area contributed by atoms with Crippen molar-refractivity contribution in [2.24, 2.45) is 0 Å². The molecule has 2 aromatic rings. The molecule has 0 bridgehead atoms. The maximum atomic E-state index is 13.0. The molecule has 0 spiro atoms. The molecule has 26 heavy (non-hydrogen) atoms. The van der Waals surface area contributed by atoms with Gasteiger partial charge in [0, 0.05) is 13.0 Å². The van der Waals surface area contributed by atoms with Gasteiger partial charge in [-0.05, 0) is 36.1 Å². The average molecular weight is 372 g/mol. The Balaban J connectivity index is 1.53. The van der Waals surface area contributed by atoms with Crippen molar-refractivity contribution in [3.63, 3.8) is 0 Å². The van der Waals surface area contributed by atoms with Crippen molar-refractivity contribution in [2.75, 3.05) is 19.8 Å². The van der Waals surface area contributed by atoms with Crippen LogP contribution in [0, 0.1) is 0 Å². The number of carbonyl (C=O) groups is 1. The summed E-state index contributed by atoms with van der Waals surface area (Å²) in [6, 6.07) is 14.1. The van der Waals surface area contributed by atoms with Crippen LogP contribution in [0.5, 0.6) is 11.5 Å². The van der Waals surface area contributed by atoms with E-state index in [-0.39, 0.29) is 11.9 Å². The van der Waals surface area contributed by atoms with Crippen molar-refractivity contribution >= 4 is 17.5 Å². The van der Waals surface area contributed by atoms with Gasteiger partial charge in [-0.2, -0.15) is 0 Å². The summed E-state index contributed by atoms with van der Waals surface area (Å²) >= 11 is 6.36. The topological polar surface area (TPSA) is 38.8 Å². The van der Waals surface area contributed by atoms with E-state index in [4.69, 9.17) is 21.1 Å². The largest absolute Gasteiger partial charge is 0.489 e. The molecule has 4 rings (SSSR count). The van der Waals surface area contributed by atoms with E-state index in [1.54, 1.807) is 0 Å². The highest BCUT2D eigenvalue weighted by molar-refractivity contribution is 6.32. The minimum Gasteiger partial charge on any atom is -0.489 e. The van der Waals surface area contributed by atoms with Crippen LogP contribution in [0.25, 0.3) is 0 Å². The summed E-state index contributed by atoms with van der Waals surface area (Å²) in [4.78, 5) is 14.9. The van der Waals surface area contributed by atoms with Gasteiger partial charge in [0.15, 0.2) is 11.5 Å². The number of likely N-dealkylation sites (tertiary alicyclic amines) is 1. The number of nitrogens with zero attached hydrogens (tertiary/aromatic N) is 1. The lowest BCUT2D eigenvalue weighted by molar-refractivity contribution is -0.131. The quantitative estimate of drug-likeness (QED) is 0.802. The SMILES string of the molecule is O=C(Cc1cc(Cl)c2c(c1)OCCCO2)N1CCCC1c1ccccc1. The van der Waals surface area contributed by atoms with E-state index in [9.17, 15) is 4.79 Å². The zero-order valence-corrected chi connectivity index (χ0v) is 15.4. The van der Waals surface area contributed by atoms with Gasteiger partial charge in [-0.25, -0.2) is 0 Å². The molecule has 2 heterocycles. The van der Waals surface area contributed by atoms with Gasteiger partial charge >= 0.3 is 0 Å². The first kappa shape index (κ1) is 17.2. The first-order valence-electron chi connectivity index (χ1n) is 9.15. The first-order chi connectivity index (χ1) is 12.7. The molecule has 5 heteroatoms. The van der Waals surface area contributed by atoms with Gasteiger partial charge in [0.2, 0.25) is 5.91 Å². The van der Waals surface area contributed by atoms with Crippen molar-refractivity contribution < 1.29 is 14.3 Å². The Morgan fingerprint density at radius 2 is 1.92 bits per heavy atom. The van der Waals surface area contributed by atoms with Crippen LogP contribution >= 0.6 is 11.6 Å². The minimum absolute atomic E-state index is 0.127. The van der Waals surface area contributed by atoms with E-state index in [1.807, 2.05) is 35.2 Å². The van der Waals surface area contributed by atoms with E-state index in [0.29, 0.717) is 36.2 Å². The molecule has 0 saturated carbocycles. The molecule has 1 atom stereocenters. The highest BCUT2D eigenvalue weighted by atomic mass is 35.5. The van der Waals surface area contributed by atoms with Gasteiger partial charge in [-0.1, -0.05) is 41.9 Å². The van der Waals surface area contributed by atoms with Crippen LogP contribution in [-0.2, 0) is 11.2 Å². The molecule has 2 aromatic carbocycles. The van der Waals surface area contributed by atoms with Crippen LogP contribution in [-0.4, -0.2) is 30.6 Å². The van der Waals surface area contributed by atoms with Gasteiger partial charge in [0.1, 0.15) is 0 Å². The second-order valence-electron chi connectivity index (χ2n) is 6.79. The number of halogens is 1. The number of ether oxygens (including phenoxy) is 2. The summed E-state index contributed by atoms with van der Waals surface area (Å²) in [6.45, 7) is 2.00. The number of hydrogen-bond donors (Lipinski definition) is 0. The molecular formula is C21H22ClNO3. The van der Waals surface area contributed by atoms with E-state index in [1.165, 1.54) is 5.56 Å². The minimum atomic E-state index is 0.127. The second kappa shape index (κ2) is 7.58. The van der Waals surface area contributed by atoms with Crippen molar-refractivity contribution in [2.45, 2.75) is 31.7 Å². The van der Waals surface area contributed by atoms with Crippen LogP contribution in [0.3, 0.4) is 0 Å². The Morgan fingerprint density at radius 1 is 1.12 bits per heavy atom. The number of hydrogen-bond acceptors (Lipinski definition) is 3. The van der Waals surface area contributed by atoms with Gasteiger partial charge < -0.3 is 14.4 Å². The zero-order valence-electron chi connectivity index (χ0n) is 14.6. The Bertz CT molecular complexity index is 793. The van der Waals surface area contributed by atoms with Crippen LogP contribution in [0.4, 0.5) is 0 Å². The third kappa shape index (κ3) is 3.51. The second-order valence-corrected chi connectivity index (χ2v) is 7.20. The monoisotopic (exact) mass is 371 g/mol. The third-order valence-corrected chi connectivity index (χ3v) is 5.26. The number of rotatable bonds is 3. The molecule has 2 aliphatic rings. The van der Waals surface area contributed by atoms with Gasteiger partial charge in [-0.15, -0.1) is 0 Å². The molecule has 0 aliphatic carbocycles. The van der Waals surface area contributed by atoms with Crippen molar-refractivity contribution in [1.82, 2.24) is 4.90 Å². The highest BCUT2D eigenvalue weighted by Gasteiger charge is 2.30. The van der Waals surface area contributed by atoms with E-state index < -0.39 is 0 Å². The maximum Gasteiger partial charge on any atom is 0.227 e. The maximum absolute atomic E-state index is 13.0. The summed E-state index contributed by atoms with van der Waals surface area (Å²) in [5.41, 5.74) is 2.07. The van der Waals surface area contributed by atoms with E-state index >= 15 is 0 Å². The van der Waals surface area contributed by atoms with Crippen LogP contribution in [0.1, 0.15) is 36.4 Å². The molecule has 0 aromatic heterocycles. The van der Waals surface area contributed by atoms with E-state index in [0.717, 1.165) is 31.4 Å². The molecular weight excluding hydrogens is 350 g/mol. The summed E-state index contributed by atoms with van der Waals surface area (Å²) in [7, 11) is 0. The number of benzene rings is 2. The molecule has 1 saturated heterocycles. The Kier molecular flexibility index (Phi) is 5.02. The standard InChI is InChI=1S/C21H22ClNO3/c22-17-12-15(13-19-21(17)26-11-5-10-25-19)14-20(24)23-9-4-8-18(23)16-6-2-1-3-7-16/h1-3,6-7,12-13,18H,4-5,8-11,14H2. The molecule has 136 valence electrons. The number of fused-ring (bicyclic) bond motifs is 1. The Hall–Kier alpha value is -2.20. The molecule has 1 unspecified atom stereocenters. The predicted octanol–water partition coefficient (Wildman–Crippen LogP) is 4.41. The van der Waals surface area contributed by atoms with Gasteiger partial charge in [0.05, 0.1) is 30.7 Å². The highest BCUT2D eigenvalue weighted by Crippen LogP contribution is 2.39. The Morgan fingerprint density at radius 3 is 2.77 bits per heavy atom. The average Bonchev–Trinajstić information content (AvgIpc) is 3.02. The summed E-state index contributed by atoms with van der Waals surface area (Å²) in [5, 5.41) is 0.508. The van der Waals surface area contributed by atoms with Crippen molar-refractivity contribution in [1.29, 1.82) is 0 Å². The molecule has 4 nitrogen and oxygen atoms in total. The van der Waals surface area contributed by atoms with Gasteiger partial charge in [0.25, 0.3) is 0 Å². The first-order valence-corrected chi connectivity index (χ1v) is 9.52. The third-order valence-electron chi connectivity index (χ3n) is 4.97. The smallest absolute Gasteiger partial charge is 0.227 e. The molecule has 2 aliphatic heterocycles. The molecule has 1 amide bonds. The van der Waals surface area contributed by atoms with Gasteiger partial charge in [-0.3, -0.25) is 4.79 Å². The lowest BCUT2D eigenvalue weighted by Crippen LogP contribution is -2.31. The normalized spacial score (nSPS) is 19.3. The lowest BCUT2D eigenvalue weighted by atomic mass is 10.0. The fourth-order valence-electron chi connectivity index (χ4n) is 3.75. The zero-order chi connectivity index (χ0) is 17.9. The number of amides is 1. The van der Waals surface area contributed by atoms with Crippen LogP contribution in [0.2, 0.25) is 5.02 Å². The fraction of sp³-hybridized carbons (Fsp3) is 0.381. The Labute approximate surface area is 158 Å². The fourth-order valence-corrected chi connectivity index (χ4v) is 4.04. The molecule has 0 N–H and O–H groups in total. The molecule has 0 radical (unpaired) electrons. The summed E-state index contributed by atoms with van der Waals surface area (Å²) < 4.78 is 11.4. The lowest BCUT2D eigenvalue weighted by Gasteiger charge is -2.25. The van der Waals surface area contributed by atoms with Crippen LogP contribution < -0.4 is 9.47 Å². The van der Waals surface area contributed by atoms with Crippen molar-refractivity contribution in [3.8, 4) is 11.5 Å². The summed E-state index contributed by atoms with van der Waals surface area (Å²) in [6.07, 6.45) is 3.19. The predicted molar refractivity (Wildman–Crippen MR) is 101 cm³/mol. The molecule has 1 fully saturated rings. The van der Waals surface area contributed by atoms with Crippen molar-refractivity contribution in [3.05, 3.63) is 58.6 Å². The van der Waals surface area contributed by atoms with E-state index in [2.05, 4.69) is 12.1 Å². The van der Waals surface area contributed by atoms with Crippen LogP contribution in [0.15, 0.2) is 42.5 Å². The number of carbonyl (C=O) groups excluding carboxylic acids is 1. The summed E-state index contributed by atoms with van der Waals surface area (Å²) in [5.74, 6) is 1.35.